The van der Waals surface area contributed by atoms with E-state index in [1.54, 1.807) is 0 Å². The van der Waals surface area contributed by atoms with Crippen LogP contribution >= 0.6 is 0 Å². The van der Waals surface area contributed by atoms with E-state index in [4.69, 9.17) is 34.3 Å². The summed E-state index contributed by atoms with van der Waals surface area (Å²) in [6, 6.07) is 0. The molecule has 0 spiro atoms. The molecule has 0 aliphatic heterocycles. The first kappa shape index (κ1) is 57.2. The molecule has 0 aliphatic rings. The fourth-order valence-electron chi connectivity index (χ4n) is 0.676. The van der Waals surface area contributed by atoms with E-state index in [1.165, 1.54) is 13.8 Å². The maximum Gasteiger partial charge on any atom is 3.00 e. The zero-order valence-corrected chi connectivity index (χ0v) is 14.3. The van der Waals surface area contributed by atoms with Gasteiger partial charge in [0.15, 0.2) is 0 Å². The molecule has 1 radical (unpaired) electrons. The van der Waals surface area contributed by atoms with Crippen LogP contribution in [0.4, 0.5) is 0 Å². The Bertz CT molecular complexity index is 350. The van der Waals surface area contributed by atoms with Crippen LogP contribution in [0.1, 0.15) is 20.3 Å². The van der Waals surface area contributed by atoms with Gasteiger partial charge in [0.25, 0.3) is 0 Å². The molecule has 0 aromatic carbocycles. The van der Waals surface area contributed by atoms with Gasteiger partial charge in [-0.05, 0) is 20.3 Å². The third kappa shape index (κ3) is 87.1. The first-order valence-corrected chi connectivity index (χ1v) is 4.22. The molecule has 10 heteroatoms. The summed E-state index contributed by atoms with van der Waals surface area (Å²) in [5, 5.41) is 0. The van der Waals surface area contributed by atoms with Crippen molar-refractivity contribution < 1.29 is 71.1 Å². The minimum absolute atomic E-state index is 0. The molecule has 0 aliphatic carbocycles. The van der Waals surface area contributed by atoms with Crippen molar-refractivity contribution in [3.8, 4) is 5.92 Å². The Kier molecular flexibility index (Phi) is 241. The van der Waals surface area contributed by atoms with Crippen LogP contribution < -0.4 is 0 Å². The first-order valence-electron chi connectivity index (χ1n) is 4.22. The van der Waals surface area contributed by atoms with Gasteiger partial charge in [0.05, 0.1) is 5.92 Å². The predicted molar refractivity (Wildman–Crippen MR) is 60.2 cm³/mol. The second-order valence-corrected chi connectivity index (χ2v) is 2.15. The van der Waals surface area contributed by atoms with Crippen molar-refractivity contribution in [2.45, 2.75) is 20.3 Å². The largest absolute Gasteiger partial charge is 3.00 e. The fraction of sp³-hybridized carbons (Fsp3) is 0.286. The zero-order chi connectivity index (χ0) is 20.1. The normalized spacial score (nSPS) is 4.25. The molecular weight excluding hydrogens is 414 g/mol. The predicted octanol–water partition coefficient (Wildman–Crippen LogP) is 0.530. The van der Waals surface area contributed by atoms with Gasteiger partial charge in [-0.1, -0.05) is 0 Å². The van der Waals surface area contributed by atoms with Gasteiger partial charge in [-0.25, -0.2) is 0 Å². The van der Waals surface area contributed by atoms with Gasteiger partial charge in [-0.2, -0.15) is 0 Å². The van der Waals surface area contributed by atoms with Crippen molar-refractivity contribution in [3.05, 3.63) is 46.3 Å². The standard InChI is InChI=1S/C8H9O2.6CO.2Co/c1-4-5-8(6(2)9)7(3)10;6*1-2;;/h8H,5H2,2-3H3;;;;;;;;/q-1;;;;;;;;+3. The molecule has 129 valence electrons. The number of hydrogen-bond donors (Lipinski definition) is 0. The summed E-state index contributed by atoms with van der Waals surface area (Å²) < 4.78 is 45.0. The fourth-order valence-corrected chi connectivity index (χ4v) is 0.676. The maximum atomic E-state index is 10.6. The molecule has 0 heterocycles. The molecule has 0 bridgehead atoms. The summed E-state index contributed by atoms with van der Waals surface area (Å²) in [5.41, 5.74) is 0. The first-order chi connectivity index (χ1) is 10.6. The van der Waals surface area contributed by atoms with Crippen molar-refractivity contribution in [2.24, 2.45) is 5.92 Å². The Labute approximate surface area is 161 Å². The molecule has 0 aromatic rings. The van der Waals surface area contributed by atoms with Crippen LogP contribution in [0.15, 0.2) is 0 Å². The van der Waals surface area contributed by atoms with E-state index in [1.807, 2.05) is 5.92 Å². The topological polar surface area (TPSA) is 154 Å². The molecule has 0 fully saturated rings. The SMILES string of the molecule is [C-]#CCC(C(C)=O)C(C)=O.[C-]#[O+].[C-]#[O+].[C-]#[O+].[C-]#[O+].[C-]#[O+].[C-]#[O+].[Co+3].[Co]. The molecule has 0 unspecified atom stereocenters. The molecule has 8 nitrogen and oxygen atoms in total. The number of ketones is 2. The second-order valence-electron chi connectivity index (χ2n) is 2.15. The Hall–Kier alpha value is -1.65. The van der Waals surface area contributed by atoms with Crippen LogP contribution in [-0.4, -0.2) is 11.6 Å². The summed E-state index contributed by atoms with van der Waals surface area (Å²) in [5.74, 6) is 1.02. The van der Waals surface area contributed by atoms with E-state index in [9.17, 15) is 9.59 Å². The third-order valence-corrected chi connectivity index (χ3v) is 1.29. The van der Waals surface area contributed by atoms with Gasteiger partial charge in [0.1, 0.15) is 11.6 Å². The smallest absolute Gasteiger partial charge is 0 e. The number of rotatable bonds is 3. The molecule has 0 amide bonds. The Morgan fingerprint density at radius 1 is 0.750 bits per heavy atom. The van der Waals surface area contributed by atoms with Crippen molar-refractivity contribution in [1.82, 2.24) is 0 Å². The van der Waals surface area contributed by atoms with Crippen molar-refractivity contribution in [1.29, 1.82) is 0 Å². The summed E-state index contributed by atoms with van der Waals surface area (Å²) in [6.07, 6.45) is 6.68. The molecule has 24 heavy (non-hydrogen) atoms. The second kappa shape index (κ2) is 101. The molecule has 0 rings (SSSR count). The Balaban J connectivity index is -0.0000000196. The quantitative estimate of drug-likeness (QED) is 0.281. The number of carbonyl (C=O) groups is 2. The van der Waals surface area contributed by atoms with Crippen molar-refractivity contribution >= 4 is 11.6 Å². The molecular formula is C14H9Co2O8+2. The number of hydrogen-bond acceptors (Lipinski definition) is 2. The number of Topliss-reactive ketones (excluding diaryl/α,β-unsaturated/α-hetero) is 2. The van der Waals surface area contributed by atoms with E-state index in [0.29, 0.717) is 0 Å². The molecule has 0 saturated heterocycles. The van der Waals surface area contributed by atoms with Gasteiger partial charge in [-0.3, -0.25) is 9.59 Å². The Morgan fingerprint density at radius 2 is 0.917 bits per heavy atom. The van der Waals surface area contributed by atoms with E-state index >= 15 is 0 Å². The van der Waals surface area contributed by atoms with Gasteiger partial charge in [-0.15, -0.1) is 0 Å². The van der Waals surface area contributed by atoms with E-state index in [0.717, 1.165) is 0 Å². The van der Waals surface area contributed by atoms with Crippen molar-refractivity contribution in [3.63, 3.8) is 0 Å². The summed E-state index contributed by atoms with van der Waals surface area (Å²) in [6.45, 7) is 29.7. The van der Waals surface area contributed by atoms with Crippen LogP contribution in [0.5, 0.6) is 0 Å². The molecule has 0 atom stereocenters. The Morgan fingerprint density at radius 3 is 0.958 bits per heavy atom. The summed E-state index contributed by atoms with van der Waals surface area (Å²) in [7, 11) is 0. The summed E-state index contributed by atoms with van der Waals surface area (Å²) >= 11 is 0. The van der Waals surface area contributed by atoms with Crippen molar-refractivity contribution in [2.75, 3.05) is 0 Å². The monoisotopic (exact) mass is 423 g/mol. The average Bonchev–Trinajstić information content (AvgIpc) is 2.62. The minimum atomic E-state index is -0.641. The van der Waals surface area contributed by atoms with Gasteiger partial charge in [0.2, 0.25) is 0 Å². The molecule has 0 saturated carbocycles. The van der Waals surface area contributed by atoms with E-state index in [2.05, 4.69) is 39.9 Å². The maximum absolute atomic E-state index is 10.6. The van der Waals surface area contributed by atoms with E-state index in [-0.39, 0.29) is 51.5 Å². The van der Waals surface area contributed by atoms with Gasteiger partial charge >= 0.3 is 84.6 Å². The van der Waals surface area contributed by atoms with Crippen LogP contribution in [-0.2, 0) is 71.1 Å². The third-order valence-electron chi connectivity index (χ3n) is 1.29. The van der Waals surface area contributed by atoms with Gasteiger partial charge in [0, 0.05) is 16.8 Å². The van der Waals surface area contributed by atoms with Crippen LogP contribution in [0.3, 0.4) is 0 Å². The van der Waals surface area contributed by atoms with Crippen LogP contribution in [0.25, 0.3) is 0 Å². The molecule has 0 N–H and O–H groups in total. The zero-order valence-electron chi connectivity index (χ0n) is 12.2. The van der Waals surface area contributed by atoms with Crippen LogP contribution in [0.2, 0.25) is 0 Å². The summed E-state index contributed by atoms with van der Waals surface area (Å²) in [4.78, 5) is 21.3. The van der Waals surface area contributed by atoms with Crippen LogP contribution in [0, 0.1) is 58.2 Å². The minimum Gasteiger partial charge on any atom is 0 e. The van der Waals surface area contributed by atoms with E-state index < -0.39 is 5.92 Å². The average molecular weight is 423 g/mol. The van der Waals surface area contributed by atoms with Gasteiger partial charge < -0.3 is 12.3 Å². The number of carbonyl (C=O) groups excluding carboxylic acids is 2. The molecule has 0 aromatic heterocycles.